The Balaban J connectivity index is 2.61. The quantitative estimate of drug-likeness (QED) is 0.751. The molecule has 14 heavy (non-hydrogen) atoms. The zero-order valence-corrected chi connectivity index (χ0v) is 9.19. The first-order chi connectivity index (χ1) is 6.66. The fraction of sp³-hybridized carbons (Fsp3) is 0.818. The van der Waals surface area contributed by atoms with Crippen molar-refractivity contribution in [1.29, 1.82) is 0 Å². The second-order valence-electron chi connectivity index (χ2n) is 3.99. The Bertz CT molecular complexity index is 199. The molecule has 0 spiro atoms. The van der Waals surface area contributed by atoms with Gasteiger partial charge in [-0.05, 0) is 24.8 Å². The van der Waals surface area contributed by atoms with Crippen molar-refractivity contribution in [3.8, 4) is 0 Å². The van der Waals surface area contributed by atoms with Crippen LogP contribution in [0.2, 0.25) is 0 Å². The second-order valence-corrected chi connectivity index (χ2v) is 3.99. The van der Waals surface area contributed by atoms with Gasteiger partial charge in [0.2, 0.25) is 0 Å². The van der Waals surface area contributed by atoms with Crippen LogP contribution < -0.4 is 0 Å². The van der Waals surface area contributed by atoms with Gasteiger partial charge in [0.1, 0.15) is 11.9 Å². The Labute approximate surface area is 85.7 Å². The van der Waals surface area contributed by atoms with E-state index in [1.165, 1.54) is 0 Å². The van der Waals surface area contributed by atoms with Crippen LogP contribution in [0.3, 0.4) is 0 Å². The number of ether oxygens (including phenoxy) is 2. The molecule has 3 heteroatoms. The van der Waals surface area contributed by atoms with Crippen molar-refractivity contribution in [3.63, 3.8) is 0 Å². The second kappa shape index (κ2) is 5.37. The summed E-state index contributed by atoms with van der Waals surface area (Å²) in [5.41, 5.74) is 0. The van der Waals surface area contributed by atoms with Crippen LogP contribution in [-0.2, 0) is 9.47 Å². The lowest BCUT2D eigenvalue weighted by atomic mass is 9.99. The van der Waals surface area contributed by atoms with Gasteiger partial charge in [0.05, 0.1) is 12.7 Å². The smallest absolute Gasteiger partial charge is 0.137 e. The third-order valence-electron chi connectivity index (χ3n) is 2.49. The summed E-state index contributed by atoms with van der Waals surface area (Å²) < 4.78 is 10.7. The highest BCUT2D eigenvalue weighted by Gasteiger charge is 2.27. The summed E-state index contributed by atoms with van der Waals surface area (Å²) in [6.07, 6.45) is 3.18. The van der Waals surface area contributed by atoms with Crippen molar-refractivity contribution in [1.82, 2.24) is 0 Å². The lowest BCUT2D eigenvalue weighted by molar-refractivity contribution is -0.0467. The van der Waals surface area contributed by atoms with Crippen LogP contribution in [0.1, 0.15) is 26.7 Å². The SMILES string of the molecule is COC(C(C)C)C(O)C1=CCCCO1. The monoisotopic (exact) mass is 200 g/mol. The van der Waals surface area contributed by atoms with Crippen LogP contribution in [0, 0.1) is 5.92 Å². The topological polar surface area (TPSA) is 38.7 Å². The first kappa shape index (κ1) is 11.5. The zero-order valence-electron chi connectivity index (χ0n) is 9.19. The molecule has 0 amide bonds. The molecule has 1 rings (SSSR count). The van der Waals surface area contributed by atoms with Crippen LogP contribution in [-0.4, -0.2) is 31.0 Å². The van der Waals surface area contributed by atoms with E-state index in [-0.39, 0.29) is 12.0 Å². The van der Waals surface area contributed by atoms with Crippen LogP contribution in [0.4, 0.5) is 0 Å². The largest absolute Gasteiger partial charge is 0.495 e. The summed E-state index contributed by atoms with van der Waals surface area (Å²) in [6, 6.07) is 0. The van der Waals surface area contributed by atoms with Crippen molar-refractivity contribution in [2.75, 3.05) is 13.7 Å². The molecular formula is C11H20O3. The molecule has 2 unspecified atom stereocenters. The maximum atomic E-state index is 9.99. The van der Waals surface area contributed by atoms with E-state index in [4.69, 9.17) is 9.47 Å². The van der Waals surface area contributed by atoms with E-state index < -0.39 is 6.10 Å². The van der Waals surface area contributed by atoms with Gasteiger partial charge in [-0.2, -0.15) is 0 Å². The first-order valence-corrected chi connectivity index (χ1v) is 5.20. The van der Waals surface area contributed by atoms with Gasteiger partial charge in [-0.25, -0.2) is 0 Å². The summed E-state index contributed by atoms with van der Waals surface area (Å²) in [5, 5.41) is 9.99. The summed E-state index contributed by atoms with van der Waals surface area (Å²) in [5.74, 6) is 0.957. The Kier molecular flexibility index (Phi) is 4.42. The molecule has 82 valence electrons. The molecule has 3 nitrogen and oxygen atoms in total. The summed E-state index contributed by atoms with van der Waals surface area (Å²) in [7, 11) is 1.62. The predicted molar refractivity (Wildman–Crippen MR) is 54.9 cm³/mol. The fourth-order valence-electron chi connectivity index (χ4n) is 1.71. The molecule has 0 aromatic heterocycles. The summed E-state index contributed by atoms with van der Waals surface area (Å²) >= 11 is 0. The normalized spacial score (nSPS) is 21.4. The van der Waals surface area contributed by atoms with Crippen molar-refractivity contribution >= 4 is 0 Å². The maximum absolute atomic E-state index is 9.99. The number of rotatable bonds is 4. The first-order valence-electron chi connectivity index (χ1n) is 5.20. The number of hydrogen-bond donors (Lipinski definition) is 1. The van der Waals surface area contributed by atoms with Crippen molar-refractivity contribution in [3.05, 3.63) is 11.8 Å². The lowest BCUT2D eigenvalue weighted by Crippen LogP contribution is -2.35. The van der Waals surface area contributed by atoms with E-state index in [1.54, 1.807) is 7.11 Å². The zero-order chi connectivity index (χ0) is 10.6. The predicted octanol–water partition coefficient (Wildman–Crippen LogP) is 1.71. The van der Waals surface area contributed by atoms with Gasteiger partial charge < -0.3 is 14.6 Å². The van der Waals surface area contributed by atoms with Gasteiger partial charge in [0, 0.05) is 7.11 Å². The van der Waals surface area contributed by atoms with Crippen LogP contribution >= 0.6 is 0 Å². The number of aliphatic hydroxyl groups excluding tert-OH is 1. The molecular weight excluding hydrogens is 180 g/mol. The summed E-state index contributed by atoms with van der Waals surface area (Å²) in [6.45, 7) is 4.76. The number of hydrogen-bond acceptors (Lipinski definition) is 3. The Morgan fingerprint density at radius 3 is 2.64 bits per heavy atom. The van der Waals surface area contributed by atoms with Crippen molar-refractivity contribution in [2.45, 2.75) is 38.9 Å². The van der Waals surface area contributed by atoms with Gasteiger partial charge in [-0.1, -0.05) is 13.8 Å². The van der Waals surface area contributed by atoms with Gasteiger partial charge in [-0.3, -0.25) is 0 Å². The highest BCUT2D eigenvalue weighted by atomic mass is 16.5. The van der Waals surface area contributed by atoms with Gasteiger partial charge in [-0.15, -0.1) is 0 Å². The molecule has 1 aliphatic heterocycles. The Hall–Kier alpha value is -0.540. The average Bonchev–Trinajstić information content (AvgIpc) is 2.19. The summed E-state index contributed by atoms with van der Waals surface area (Å²) in [4.78, 5) is 0. The van der Waals surface area contributed by atoms with E-state index in [0.29, 0.717) is 12.4 Å². The van der Waals surface area contributed by atoms with Crippen molar-refractivity contribution < 1.29 is 14.6 Å². The standard InChI is InChI=1S/C11H20O3/c1-8(2)11(13-3)10(12)9-6-4-5-7-14-9/h6,8,10-12H,4-5,7H2,1-3H3. The molecule has 0 fully saturated rings. The van der Waals surface area contributed by atoms with E-state index in [1.807, 2.05) is 19.9 Å². The van der Waals surface area contributed by atoms with Crippen LogP contribution in [0.25, 0.3) is 0 Å². The highest BCUT2D eigenvalue weighted by Crippen LogP contribution is 2.21. The third-order valence-corrected chi connectivity index (χ3v) is 2.49. The van der Waals surface area contributed by atoms with Gasteiger partial charge in [0.25, 0.3) is 0 Å². The van der Waals surface area contributed by atoms with Gasteiger partial charge in [0.15, 0.2) is 0 Å². The molecule has 1 N–H and O–H groups in total. The molecule has 0 saturated heterocycles. The molecule has 0 aliphatic carbocycles. The minimum atomic E-state index is -0.625. The fourth-order valence-corrected chi connectivity index (χ4v) is 1.71. The number of methoxy groups -OCH3 is 1. The number of aliphatic hydroxyl groups is 1. The number of allylic oxidation sites excluding steroid dienone is 1. The minimum Gasteiger partial charge on any atom is -0.495 e. The molecule has 0 aromatic rings. The van der Waals surface area contributed by atoms with E-state index >= 15 is 0 Å². The highest BCUT2D eigenvalue weighted by molar-refractivity contribution is 5.05. The maximum Gasteiger partial charge on any atom is 0.137 e. The molecule has 0 bridgehead atoms. The Morgan fingerprint density at radius 2 is 2.21 bits per heavy atom. The molecule has 0 saturated carbocycles. The minimum absolute atomic E-state index is 0.181. The lowest BCUT2D eigenvalue weighted by Gasteiger charge is -2.28. The van der Waals surface area contributed by atoms with Gasteiger partial charge >= 0.3 is 0 Å². The molecule has 1 heterocycles. The van der Waals surface area contributed by atoms with E-state index in [2.05, 4.69) is 0 Å². The molecule has 1 aliphatic rings. The third kappa shape index (κ3) is 2.72. The van der Waals surface area contributed by atoms with Crippen LogP contribution in [0.15, 0.2) is 11.8 Å². The average molecular weight is 200 g/mol. The Morgan fingerprint density at radius 1 is 1.50 bits per heavy atom. The molecule has 0 radical (unpaired) electrons. The molecule has 0 aromatic carbocycles. The van der Waals surface area contributed by atoms with E-state index in [9.17, 15) is 5.11 Å². The van der Waals surface area contributed by atoms with Crippen LogP contribution in [0.5, 0.6) is 0 Å². The van der Waals surface area contributed by atoms with Crippen molar-refractivity contribution in [2.24, 2.45) is 5.92 Å². The van der Waals surface area contributed by atoms with E-state index in [0.717, 1.165) is 12.8 Å². The molecule has 2 atom stereocenters.